The molecule has 0 fully saturated rings. The molecular formula is C19H15FO2. The van der Waals surface area contributed by atoms with E-state index in [2.05, 4.69) is 0 Å². The molecule has 0 saturated heterocycles. The van der Waals surface area contributed by atoms with Gasteiger partial charge in [0.05, 0.1) is 5.56 Å². The van der Waals surface area contributed by atoms with Crippen LogP contribution in [0.25, 0.3) is 22.3 Å². The van der Waals surface area contributed by atoms with Crippen molar-refractivity contribution in [3.8, 4) is 33.8 Å². The predicted octanol–water partition coefficient (Wildman–Crippen LogP) is 4.88. The third-order valence-electron chi connectivity index (χ3n) is 3.59. The van der Waals surface area contributed by atoms with E-state index < -0.39 is 5.82 Å². The highest BCUT2D eigenvalue weighted by Crippen LogP contribution is 2.39. The first-order chi connectivity index (χ1) is 10.6. The zero-order valence-electron chi connectivity index (χ0n) is 12.0. The van der Waals surface area contributed by atoms with Crippen molar-refractivity contribution in [2.45, 2.75) is 6.92 Å². The minimum Gasteiger partial charge on any atom is -0.507 e. The van der Waals surface area contributed by atoms with Crippen LogP contribution in [0, 0.1) is 12.7 Å². The molecule has 3 rings (SSSR count). The van der Waals surface area contributed by atoms with Crippen LogP contribution < -0.4 is 0 Å². The first-order valence-corrected chi connectivity index (χ1v) is 6.94. The monoisotopic (exact) mass is 294 g/mol. The summed E-state index contributed by atoms with van der Waals surface area (Å²) >= 11 is 0. The van der Waals surface area contributed by atoms with Crippen molar-refractivity contribution in [3.05, 3.63) is 72.0 Å². The molecule has 0 saturated carbocycles. The van der Waals surface area contributed by atoms with Crippen molar-refractivity contribution in [2.75, 3.05) is 0 Å². The number of hydrogen-bond acceptors (Lipinski definition) is 2. The van der Waals surface area contributed by atoms with Crippen LogP contribution in [0.15, 0.2) is 60.7 Å². The maximum absolute atomic E-state index is 14.1. The van der Waals surface area contributed by atoms with E-state index in [4.69, 9.17) is 0 Å². The van der Waals surface area contributed by atoms with E-state index in [0.29, 0.717) is 5.56 Å². The van der Waals surface area contributed by atoms with Gasteiger partial charge in [0.15, 0.2) is 0 Å². The van der Waals surface area contributed by atoms with Crippen LogP contribution in [0.1, 0.15) is 5.56 Å². The number of phenols is 2. The molecule has 0 heterocycles. The molecule has 22 heavy (non-hydrogen) atoms. The molecule has 3 aromatic rings. The van der Waals surface area contributed by atoms with E-state index in [1.54, 1.807) is 25.1 Å². The number of benzene rings is 3. The summed E-state index contributed by atoms with van der Waals surface area (Å²) < 4.78 is 14.1. The highest BCUT2D eigenvalue weighted by Gasteiger charge is 2.15. The molecule has 0 aromatic heterocycles. The van der Waals surface area contributed by atoms with Crippen LogP contribution in [-0.4, -0.2) is 10.2 Å². The molecule has 3 aromatic carbocycles. The van der Waals surface area contributed by atoms with Gasteiger partial charge < -0.3 is 10.2 Å². The van der Waals surface area contributed by atoms with E-state index in [1.807, 2.05) is 30.3 Å². The summed E-state index contributed by atoms with van der Waals surface area (Å²) in [7, 11) is 0. The van der Waals surface area contributed by atoms with E-state index in [-0.39, 0.29) is 22.6 Å². The molecule has 0 bridgehead atoms. The number of phenolic OH excluding ortho intramolecular Hbond substituents is 2. The molecule has 0 spiro atoms. The Morgan fingerprint density at radius 1 is 0.773 bits per heavy atom. The van der Waals surface area contributed by atoms with Gasteiger partial charge in [-0.2, -0.15) is 0 Å². The molecule has 0 atom stereocenters. The van der Waals surface area contributed by atoms with E-state index in [0.717, 1.165) is 11.1 Å². The van der Waals surface area contributed by atoms with Gasteiger partial charge in [0, 0.05) is 5.56 Å². The Balaban J connectivity index is 2.11. The molecule has 0 radical (unpaired) electrons. The maximum Gasteiger partial charge on any atom is 0.135 e. The summed E-state index contributed by atoms with van der Waals surface area (Å²) in [4.78, 5) is 0. The van der Waals surface area contributed by atoms with Crippen LogP contribution in [0.5, 0.6) is 11.5 Å². The highest BCUT2D eigenvalue weighted by molar-refractivity contribution is 5.79. The molecule has 0 aliphatic carbocycles. The Hall–Kier alpha value is -2.81. The van der Waals surface area contributed by atoms with Crippen LogP contribution in [0.3, 0.4) is 0 Å². The largest absolute Gasteiger partial charge is 0.507 e. The van der Waals surface area contributed by atoms with Crippen molar-refractivity contribution in [1.82, 2.24) is 0 Å². The number of aryl methyl sites for hydroxylation is 1. The Bertz CT molecular complexity index is 803. The van der Waals surface area contributed by atoms with Gasteiger partial charge >= 0.3 is 0 Å². The maximum atomic E-state index is 14.1. The van der Waals surface area contributed by atoms with Gasteiger partial charge in [0.2, 0.25) is 0 Å². The predicted molar refractivity (Wildman–Crippen MR) is 85.3 cm³/mol. The SMILES string of the molecule is Cc1cc(O)c(-c2ccc(-c3ccccc3)cc2O)c(F)c1. The third kappa shape index (κ3) is 2.53. The highest BCUT2D eigenvalue weighted by atomic mass is 19.1. The summed E-state index contributed by atoms with van der Waals surface area (Å²) in [6, 6.07) is 17.4. The molecule has 2 N–H and O–H groups in total. The average molecular weight is 294 g/mol. The molecule has 0 aliphatic rings. The summed E-state index contributed by atoms with van der Waals surface area (Å²) in [6.45, 7) is 1.70. The zero-order chi connectivity index (χ0) is 15.7. The summed E-state index contributed by atoms with van der Waals surface area (Å²) in [5, 5.41) is 20.2. The van der Waals surface area contributed by atoms with E-state index >= 15 is 0 Å². The van der Waals surface area contributed by atoms with Gasteiger partial charge in [-0.25, -0.2) is 4.39 Å². The lowest BCUT2D eigenvalue weighted by Gasteiger charge is -2.11. The molecule has 0 aliphatic heterocycles. The summed E-state index contributed by atoms with van der Waals surface area (Å²) in [5.74, 6) is -0.806. The van der Waals surface area contributed by atoms with Gasteiger partial charge in [-0.3, -0.25) is 0 Å². The number of aromatic hydroxyl groups is 2. The molecule has 110 valence electrons. The van der Waals surface area contributed by atoms with Crippen LogP contribution in [-0.2, 0) is 0 Å². The molecular weight excluding hydrogens is 279 g/mol. The minimum absolute atomic E-state index is 0.0164. The second kappa shape index (κ2) is 5.53. The van der Waals surface area contributed by atoms with Gasteiger partial charge in [0.25, 0.3) is 0 Å². The van der Waals surface area contributed by atoms with Gasteiger partial charge in [-0.15, -0.1) is 0 Å². The Morgan fingerprint density at radius 2 is 1.50 bits per heavy atom. The third-order valence-corrected chi connectivity index (χ3v) is 3.59. The lowest BCUT2D eigenvalue weighted by molar-refractivity contribution is 0.464. The standard InChI is InChI=1S/C19H15FO2/c1-12-9-16(20)19(18(22)10-12)15-8-7-14(11-17(15)21)13-5-3-2-4-6-13/h2-11,21-22H,1H3. The number of rotatable bonds is 2. The van der Waals surface area contributed by atoms with Crippen molar-refractivity contribution in [2.24, 2.45) is 0 Å². The van der Waals surface area contributed by atoms with Gasteiger partial charge in [0.1, 0.15) is 17.3 Å². The van der Waals surface area contributed by atoms with Gasteiger partial charge in [-0.05, 0) is 47.9 Å². The van der Waals surface area contributed by atoms with Gasteiger partial charge in [-0.1, -0.05) is 36.4 Å². The summed E-state index contributed by atoms with van der Waals surface area (Å²) in [6.07, 6.45) is 0. The molecule has 2 nitrogen and oxygen atoms in total. The fourth-order valence-electron chi connectivity index (χ4n) is 2.54. The van der Waals surface area contributed by atoms with Crippen LogP contribution in [0.2, 0.25) is 0 Å². The molecule has 3 heteroatoms. The first kappa shape index (κ1) is 14.1. The molecule has 0 amide bonds. The fraction of sp³-hybridized carbons (Fsp3) is 0.0526. The normalized spacial score (nSPS) is 10.6. The first-order valence-electron chi connectivity index (χ1n) is 6.94. The number of halogens is 1. The lowest BCUT2D eigenvalue weighted by Crippen LogP contribution is -1.89. The Morgan fingerprint density at radius 3 is 2.14 bits per heavy atom. The van der Waals surface area contributed by atoms with Crippen LogP contribution in [0.4, 0.5) is 4.39 Å². The lowest BCUT2D eigenvalue weighted by atomic mass is 9.97. The second-order valence-corrected chi connectivity index (χ2v) is 5.24. The Labute approximate surface area is 128 Å². The average Bonchev–Trinajstić information content (AvgIpc) is 2.49. The fourth-order valence-corrected chi connectivity index (χ4v) is 2.54. The quantitative estimate of drug-likeness (QED) is 0.707. The zero-order valence-corrected chi connectivity index (χ0v) is 12.0. The van der Waals surface area contributed by atoms with E-state index in [1.165, 1.54) is 12.1 Å². The topological polar surface area (TPSA) is 40.5 Å². The second-order valence-electron chi connectivity index (χ2n) is 5.24. The van der Waals surface area contributed by atoms with Crippen LogP contribution >= 0.6 is 0 Å². The van der Waals surface area contributed by atoms with Crippen molar-refractivity contribution in [3.63, 3.8) is 0 Å². The summed E-state index contributed by atoms with van der Waals surface area (Å²) in [5.41, 5.74) is 2.70. The minimum atomic E-state index is -0.555. The Kier molecular flexibility index (Phi) is 3.55. The molecule has 0 unspecified atom stereocenters. The van der Waals surface area contributed by atoms with Crippen molar-refractivity contribution >= 4 is 0 Å². The smallest absolute Gasteiger partial charge is 0.135 e. The van der Waals surface area contributed by atoms with Crippen molar-refractivity contribution in [1.29, 1.82) is 0 Å². The van der Waals surface area contributed by atoms with E-state index in [9.17, 15) is 14.6 Å². The number of hydrogen-bond donors (Lipinski definition) is 2. The van der Waals surface area contributed by atoms with Crippen molar-refractivity contribution < 1.29 is 14.6 Å².